The molecule has 0 unspecified atom stereocenters. The largest absolute Gasteiger partial charge is 0.312 e. The van der Waals surface area contributed by atoms with Gasteiger partial charge in [0.25, 0.3) is 0 Å². The highest BCUT2D eigenvalue weighted by atomic mass is 15.7. The third kappa shape index (κ3) is 6.13. The van der Waals surface area contributed by atoms with E-state index in [4.69, 9.17) is 0 Å². The quantitative estimate of drug-likeness (QED) is 0.273. The van der Waals surface area contributed by atoms with Gasteiger partial charge in [-0.1, -0.05) is 13.0 Å². The molecule has 0 aromatic heterocycles. The molecule has 0 bridgehead atoms. The van der Waals surface area contributed by atoms with Crippen molar-refractivity contribution in [2.24, 2.45) is 0 Å². The van der Waals surface area contributed by atoms with Crippen molar-refractivity contribution in [1.82, 2.24) is 10.3 Å². The van der Waals surface area contributed by atoms with Crippen molar-refractivity contribution in [2.75, 3.05) is 47.3 Å². The first-order valence-electron chi connectivity index (χ1n) is 5.40. The van der Waals surface area contributed by atoms with Crippen LogP contribution in [0.4, 0.5) is 0 Å². The SMILES string of the molecule is C=CCNCCN(CCC)[N+](C)(C)C. The third-order valence-electron chi connectivity index (χ3n) is 2.17. The Balaban J connectivity index is 3.79. The van der Waals surface area contributed by atoms with Crippen LogP contribution in [0.15, 0.2) is 12.7 Å². The van der Waals surface area contributed by atoms with Crippen LogP contribution in [0.3, 0.4) is 0 Å². The van der Waals surface area contributed by atoms with Gasteiger partial charge in [-0.2, -0.15) is 5.01 Å². The van der Waals surface area contributed by atoms with E-state index < -0.39 is 0 Å². The summed E-state index contributed by atoms with van der Waals surface area (Å²) >= 11 is 0. The maximum Gasteiger partial charge on any atom is 0.0855 e. The van der Waals surface area contributed by atoms with Gasteiger partial charge < -0.3 is 5.32 Å². The molecule has 0 saturated carbocycles. The predicted octanol–water partition coefficient (Wildman–Crippen LogP) is 1.10. The molecule has 0 aliphatic carbocycles. The van der Waals surface area contributed by atoms with Gasteiger partial charge in [-0.15, -0.1) is 6.58 Å². The monoisotopic (exact) mass is 200 g/mol. The average Bonchev–Trinajstić information content (AvgIpc) is 2.08. The molecule has 0 aliphatic rings. The Kier molecular flexibility index (Phi) is 6.79. The number of nitrogens with one attached hydrogen (secondary N) is 1. The van der Waals surface area contributed by atoms with Gasteiger partial charge in [0.05, 0.1) is 27.7 Å². The third-order valence-corrected chi connectivity index (χ3v) is 2.17. The molecule has 0 spiro atoms. The zero-order chi connectivity index (χ0) is 11.0. The summed E-state index contributed by atoms with van der Waals surface area (Å²) in [7, 11) is 6.63. The first-order chi connectivity index (χ1) is 6.52. The molecule has 3 heteroatoms. The van der Waals surface area contributed by atoms with E-state index in [9.17, 15) is 0 Å². The van der Waals surface area contributed by atoms with E-state index in [1.807, 2.05) is 6.08 Å². The fraction of sp³-hybridized carbons (Fsp3) is 0.818. The zero-order valence-electron chi connectivity index (χ0n) is 10.2. The molecule has 84 valence electrons. The second kappa shape index (κ2) is 6.98. The number of hydrogen-bond donors (Lipinski definition) is 1. The Morgan fingerprint density at radius 2 is 1.93 bits per heavy atom. The molecule has 0 heterocycles. The predicted molar refractivity (Wildman–Crippen MR) is 63.0 cm³/mol. The summed E-state index contributed by atoms with van der Waals surface area (Å²) in [5.74, 6) is 0. The van der Waals surface area contributed by atoms with Gasteiger partial charge in [0.2, 0.25) is 0 Å². The molecule has 14 heavy (non-hydrogen) atoms. The minimum absolute atomic E-state index is 0.900. The van der Waals surface area contributed by atoms with Crippen LogP contribution in [0.1, 0.15) is 13.3 Å². The standard InChI is InChI=1S/C11H26N3/c1-6-8-12-9-11-13(10-7-2)14(3,4)5/h6,12H,1,7-11H2,2-5H3/q+1. The fourth-order valence-electron chi connectivity index (χ4n) is 1.38. The highest BCUT2D eigenvalue weighted by Gasteiger charge is 2.18. The van der Waals surface area contributed by atoms with Gasteiger partial charge in [-0.05, 0) is 6.42 Å². The van der Waals surface area contributed by atoms with Crippen LogP contribution in [-0.2, 0) is 0 Å². The van der Waals surface area contributed by atoms with Crippen LogP contribution in [0, 0.1) is 0 Å². The Morgan fingerprint density at radius 3 is 2.36 bits per heavy atom. The van der Waals surface area contributed by atoms with E-state index in [0.29, 0.717) is 0 Å². The van der Waals surface area contributed by atoms with Crippen LogP contribution in [0.2, 0.25) is 0 Å². The average molecular weight is 200 g/mol. The summed E-state index contributed by atoms with van der Waals surface area (Å²) in [6.07, 6.45) is 3.10. The smallest absolute Gasteiger partial charge is 0.0855 e. The van der Waals surface area contributed by atoms with E-state index in [2.05, 4.69) is 45.0 Å². The molecule has 0 radical (unpaired) electrons. The van der Waals surface area contributed by atoms with Crippen molar-refractivity contribution >= 4 is 0 Å². The van der Waals surface area contributed by atoms with Crippen LogP contribution < -0.4 is 5.32 Å². The number of hydrogen-bond acceptors (Lipinski definition) is 2. The van der Waals surface area contributed by atoms with Crippen molar-refractivity contribution in [3.05, 3.63) is 12.7 Å². The van der Waals surface area contributed by atoms with Gasteiger partial charge in [-0.25, -0.2) is 0 Å². The Bertz CT molecular complexity index is 149. The molecule has 0 atom stereocenters. The molecule has 1 N–H and O–H groups in total. The molecular weight excluding hydrogens is 174 g/mol. The molecule has 0 aliphatic heterocycles. The van der Waals surface area contributed by atoms with Crippen LogP contribution in [0.25, 0.3) is 0 Å². The molecule has 3 nitrogen and oxygen atoms in total. The van der Waals surface area contributed by atoms with E-state index >= 15 is 0 Å². The van der Waals surface area contributed by atoms with Crippen LogP contribution in [0.5, 0.6) is 0 Å². The highest BCUT2D eigenvalue weighted by molar-refractivity contribution is 4.69. The normalized spacial score (nSPS) is 12.1. The van der Waals surface area contributed by atoms with E-state index in [0.717, 1.165) is 30.8 Å². The maximum absolute atomic E-state index is 3.68. The number of rotatable bonds is 8. The van der Waals surface area contributed by atoms with Crippen LogP contribution >= 0.6 is 0 Å². The van der Waals surface area contributed by atoms with Crippen molar-refractivity contribution < 1.29 is 4.59 Å². The summed E-state index contributed by atoms with van der Waals surface area (Å²) in [6, 6.07) is 0. The summed E-state index contributed by atoms with van der Waals surface area (Å²) in [5.41, 5.74) is 0. The first-order valence-corrected chi connectivity index (χ1v) is 5.40. The summed E-state index contributed by atoms with van der Waals surface area (Å²) in [4.78, 5) is 0. The lowest BCUT2D eigenvalue weighted by Crippen LogP contribution is -2.53. The lowest BCUT2D eigenvalue weighted by atomic mass is 10.4. The van der Waals surface area contributed by atoms with Gasteiger partial charge in [0.15, 0.2) is 0 Å². The molecule has 0 amide bonds. The van der Waals surface area contributed by atoms with Gasteiger partial charge >= 0.3 is 0 Å². The van der Waals surface area contributed by atoms with Crippen molar-refractivity contribution in [3.8, 4) is 0 Å². The second-order valence-corrected chi connectivity index (χ2v) is 4.39. The molecular formula is C11H26N3+. The van der Waals surface area contributed by atoms with E-state index in [1.165, 1.54) is 6.42 Å². The van der Waals surface area contributed by atoms with Crippen LogP contribution in [-0.4, -0.2) is 56.9 Å². The Labute approximate surface area is 88.9 Å². The molecule has 0 aromatic carbocycles. The van der Waals surface area contributed by atoms with Crippen molar-refractivity contribution in [3.63, 3.8) is 0 Å². The fourth-order valence-corrected chi connectivity index (χ4v) is 1.38. The Hall–Kier alpha value is -0.380. The lowest BCUT2D eigenvalue weighted by molar-refractivity contribution is -0.986. The zero-order valence-corrected chi connectivity index (χ0v) is 10.2. The summed E-state index contributed by atoms with van der Waals surface area (Å²) in [5, 5.41) is 5.78. The van der Waals surface area contributed by atoms with Crippen molar-refractivity contribution in [1.29, 1.82) is 0 Å². The molecule has 0 saturated heterocycles. The maximum atomic E-state index is 3.68. The Morgan fingerprint density at radius 1 is 1.29 bits per heavy atom. The minimum Gasteiger partial charge on any atom is -0.312 e. The lowest BCUT2D eigenvalue weighted by Gasteiger charge is -2.36. The van der Waals surface area contributed by atoms with E-state index in [-0.39, 0.29) is 0 Å². The highest BCUT2D eigenvalue weighted by Crippen LogP contribution is 2.01. The number of nitrogens with zero attached hydrogens (tertiary/aromatic N) is 2. The topological polar surface area (TPSA) is 15.3 Å². The second-order valence-electron chi connectivity index (χ2n) is 4.39. The number of quaternary nitrogens is 1. The summed E-state index contributed by atoms with van der Waals surface area (Å²) in [6.45, 7) is 10.1. The first kappa shape index (κ1) is 13.6. The van der Waals surface area contributed by atoms with Gasteiger partial charge in [-0.3, -0.25) is 4.59 Å². The van der Waals surface area contributed by atoms with Gasteiger partial charge in [0.1, 0.15) is 0 Å². The summed E-state index contributed by atoms with van der Waals surface area (Å²) < 4.78 is 0.906. The molecule has 0 aromatic rings. The van der Waals surface area contributed by atoms with Crippen molar-refractivity contribution in [2.45, 2.75) is 13.3 Å². The molecule has 0 fully saturated rings. The van der Waals surface area contributed by atoms with Gasteiger partial charge in [0, 0.05) is 19.6 Å². The minimum atomic E-state index is 0.900. The molecule has 0 rings (SSSR count). The van der Waals surface area contributed by atoms with E-state index in [1.54, 1.807) is 0 Å².